The van der Waals surface area contributed by atoms with E-state index in [0.29, 0.717) is 0 Å². The number of alkyl halides is 9. The van der Waals surface area contributed by atoms with Gasteiger partial charge < -0.3 is 44.4 Å². The number of halogens is 9. The van der Waals surface area contributed by atoms with Crippen LogP contribution < -0.4 is 30.8 Å². The Labute approximate surface area is 212 Å². The van der Waals surface area contributed by atoms with E-state index in [9.17, 15) is 39.5 Å². The predicted molar refractivity (Wildman–Crippen MR) is 98.4 cm³/mol. The molecule has 0 bridgehead atoms. The van der Waals surface area contributed by atoms with E-state index in [2.05, 4.69) is 23.1 Å². The van der Waals surface area contributed by atoms with Gasteiger partial charge in [-0.2, -0.15) is 39.5 Å². The minimum absolute atomic E-state index is 0. The van der Waals surface area contributed by atoms with E-state index in [1.807, 2.05) is 7.05 Å². The maximum absolute atomic E-state index is 10.7. The Balaban J connectivity index is -0.0000000366. The second-order valence-electron chi connectivity index (χ2n) is 4.17. The molecule has 0 amide bonds. The molecular formula is C8H23F9N6O9OsS3. The molecule has 0 saturated carbocycles. The minimum atomic E-state index is -6.09. The Morgan fingerprint density at radius 3 is 0.806 bits per heavy atom. The molecule has 1 aliphatic rings. The molecule has 0 saturated heterocycles. The molecule has 0 aliphatic carbocycles. The summed E-state index contributed by atoms with van der Waals surface area (Å²) in [5, 5.41) is 0. The third-order valence-electron chi connectivity index (χ3n) is 1.72. The van der Waals surface area contributed by atoms with Gasteiger partial charge in [-0.25, -0.2) is 29.8 Å². The first-order chi connectivity index (χ1) is 12.6. The first-order valence-electron chi connectivity index (χ1n) is 5.93. The van der Waals surface area contributed by atoms with Gasteiger partial charge >= 0.3 is 36.3 Å². The number of rotatable bonds is 0. The molecule has 0 atom stereocenters. The van der Waals surface area contributed by atoms with Crippen LogP contribution in [0.4, 0.5) is 39.5 Å². The molecule has 0 radical (unpaired) electrons. The van der Waals surface area contributed by atoms with Crippen LogP contribution in [0.15, 0.2) is 12.3 Å². The van der Waals surface area contributed by atoms with Gasteiger partial charge in [-0.3, -0.25) is 0 Å². The van der Waals surface area contributed by atoms with E-state index in [4.69, 9.17) is 38.9 Å². The van der Waals surface area contributed by atoms with Crippen molar-refractivity contribution in [1.29, 1.82) is 0 Å². The zero-order chi connectivity index (χ0) is 25.4. The monoisotopic (exact) mass is 806 g/mol. The quantitative estimate of drug-likeness (QED) is 0.100. The molecule has 1 heterocycles. The fourth-order valence-electron chi connectivity index (χ4n) is 0.515. The van der Waals surface area contributed by atoms with Crippen LogP contribution in [0.5, 0.6) is 0 Å². The van der Waals surface area contributed by atoms with E-state index >= 15 is 0 Å². The van der Waals surface area contributed by atoms with Crippen LogP contribution in [0, 0.1) is 0 Å². The molecule has 15 N–H and O–H groups in total. The second-order valence-corrected chi connectivity index (χ2v) is 8.28. The summed E-state index contributed by atoms with van der Waals surface area (Å²) in [6, 6.07) is 0. The molecule has 1 aliphatic heterocycles. The van der Waals surface area contributed by atoms with Gasteiger partial charge in [0, 0.05) is 6.42 Å². The van der Waals surface area contributed by atoms with Crippen LogP contribution in [0.3, 0.4) is 0 Å². The largest absolute Gasteiger partial charge is 2.00 e. The van der Waals surface area contributed by atoms with Crippen LogP contribution in [0.25, 0.3) is 0 Å². The Bertz CT molecular complexity index is 831. The summed E-state index contributed by atoms with van der Waals surface area (Å²) < 4.78 is 179. The van der Waals surface area contributed by atoms with Crippen molar-refractivity contribution in [2.45, 2.75) is 22.9 Å². The first kappa shape index (κ1) is 59.8. The van der Waals surface area contributed by atoms with Crippen molar-refractivity contribution in [1.82, 2.24) is 30.8 Å². The summed E-state index contributed by atoms with van der Waals surface area (Å²) in [6.07, 6.45) is 7.41. The third-order valence-corrected chi connectivity index (χ3v) is 3.42. The Morgan fingerprint density at radius 1 is 0.611 bits per heavy atom. The van der Waals surface area contributed by atoms with Crippen molar-refractivity contribution < 1.29 is 103 Å². The van der Waals surface area contributed by atoms with Crippen LogP contribution >= 0.6 is 0 Å². The zero-order valence-electron chi connectivity index (χ0n) is 17.6. The van der Waals surface area contributed by atoms with E-state index in [0.717, 1.165) is 6.42 Å². The van der Waals surface area contributed by atoms with Crippen molar-refractivity contribution in [3.8, 4) is 0 Å². The van der Waals surface area contributed by atoms with Crippen molar-refractivity contribution in [3.63, 3.8) is 0 Å². The molecule has 0 unspecified atom stereocenters. The molecule has 0 fully saturated rings. The van der Waals surface area contributed by atoms with Gasteiger partial charge in [0.1, 0.15) is 13.3 Å². The van der Waals surface area contributed by atoms with E-state index < -0.39 is 46.9 Å². The maximum Gasteiger partial charge on any atom is 2.00 e. The smallest absolute Gasteiger partial charge is 0.741 e. The predicted octanol–water partition coefficient (Wildman–Crippen LogP) is 1.58. The number of hydrogen-bond acceptors (Lipinski definition) is 14. The Hall–Kier alpha value is -1.05. The summed E-state index contributed by atoms with van der Waals surface area (Å²) in [4.78, 5) is 0. The molecule has 15 nitrogen and oxygen atoms in total. The maximum atomic E-state index is 10.7. The molecule has 1 rings (SSSR count). The van der Waals surface area contributed by atoms with E-state index in [1.54, 1.807) is 0 Å². The Morgan fingerprint density at radius 2 is 0.778 bits per heavy atom. The summed E-state index contributed by atoms with van der Waals surface area (Å²) in [7, 11) is -16.2. The van der Waals surface area contributed by atoms with Crippen molar-refractivity contribution in [2.75, 3.05) is 7.05 Å². The van der Waals surface area contributed by atoms with Gasteiger partial charge in [0.15, 0.2) is 36.6 Å². The topological polar surface area (TPSA) is 350 Å². The van der Waals surface area contributed by atoms with Gasteiger partial charge in [-0.15, -0.1) is 0 Å². The molecule has 0 aromatic rings. The fraction of sp³-hybridized carbons (Fsp3) is 0.625. The minimum Gasteiger partial charge on any atom is -0.741 e. The molecule has 28 heteroatoms. The number of hydrogen-bond donors (Lipinski definition) is 5. The molecule has 228 valence electrons. The van der Waals surface area contributed by atoms with Crippen LogP contribution in [-0.2, 0) is 50.1 Å². The summed E-state index contributed by atoms with van der Waals surface area (Å²) >= 11 is 0. The SMILES string of the molecule is C[N+]1=CCC=C1.N.N.N.N.N.O=S(=O)([O-])C(F)(F)F.O=S(=O)([O-])C(F)(F)F.O=S(=O)([O-])C(F)(F)F.[Os+2]. The molecule has 0 aromatic heterocycles. The normalized spacial score (nSPS) is 12.4. The van der Waals surface area contributed by atoms with Crippen LogP contribution in [-0.4, -0.2) is 73.3 Å². The summed E-state index contributed by atoms with van der Waals surface area (Å²) in [6.45, 7) is 0. The molecule has 0 spiro atoms. The van der Waals surface area contributed by atoms with Crippen LogP contribution in [0.1, 0.15) is 6.42 Å². The van der Waals surface area contributed by atoms with Gasteiger partial charge in [0.05, 0.1) is 0 Å². The first-order valence-corrected chi connectivity index (χ1v) is 10.2. The van der Waals surface area contributed by atoms with Crippen molar-refractivity contribution in [3.05, 3.63) is 12.3 Å². The average Bonchev–Trinajstić information content (AvgIpc) is 2.84. The molecule has 0 aromatic carbocycles. The van der Waals surface area contributed by atoms with Gasteiger partial charge in [-0.1, -0.05) is 0 Å². The summed E-state index contributed by atoms with van der Waals surface area (Å²) in [5.41, 5.74) is -16.9. The standard InChI is InChI=1S/C5H8N.3CHF3O3S.5H3N.Os/c1-6-4-2-3-5-6;3*2-1(3,4)8(5,6)7;;;;;;/h2,4-5H,3H2,1H3;3*(H,5,6,7);5*1H3;/q+1;;;;;;;;;+2/p-3. The van der Waals surface area contributed by atoms with Gasteiger partial charge in [-0.05, 0) is 6.08 Å². The second kappa shape index (κ2) is 20.9. The zero-order valence-corrected chi connectivity index (χ0v) is 22.6. The van der Waals surface area contributed by atoms with E-state index in [-0.39, 0.29) is 50.5 Å². The van der Waals surface area contributed by atoms with Crippen molar-refractivity contribution >= 4 is 36.6 Å². The average molecular weight is 805 g/mol. The van der Waals surface area contributed by atoms with Crippen LogP contribution in [0.2, 0.25) is 0 Å². The molecular weight excluding hydrogens is 782 g/mol. The number of allylic oxidation sites excluding steroid dienone is 1. The third kappa shape index (κ3) is 31.0. The molecule has 36 heavy (non-hydrogen) atoms. The number of nitrogens with zero attached hydrogens (tertiary/aromatic N) is 1. The van der Waals surface area contributed by atoms with E-state index in [1.165, 1.54) is 0 Å². The van der Waals surface area contributed by atoms with Gasteiger partial charge in [0.2, 0.25) is 0 Å². The van der Waals surface area contributed by atoms with Gasteiger partial charge in [0.25, 0.3) is 0 Å². The fourth-order valence-corrected chi connectivity index (χ4v) is 0.515. The summed E-state index contributed by atoms with van der Waals surface area (Å²) in [5.74, 6) is 0. The Kier molecular flexibility index (Phi) is 34.8. The van der Waals surface area contributed by atoms with Crippen molar-refractivity contribution in [2.24, 2.45) is 0 Å².